The van der Waals surface area contributed by atoms with Gasteiger partial charge in [0.05, 0.1) is 13.2 Å². The molecule has 0 spiro atoms. The van der Waals surface area contributed by atoms with Crippen molar-refractivity contribution in [2.45, 2.75) is 31.8 Å². The van der Waals surface area contributed by atoms with Crippen LogP contribution in [-0.4, -0.2) is 25.4 Å². The zero-order valence-corrected chi connectivity index (χ0v) is 7.64. The number of terminal acetylenes is 1. The number of ether oxygens (including phenoxy) is 2. The van der Waals surface area contributed by atoms with Gasteiger partial charge in [0, 0.05) is 6.61 Å². The van der Waals surface area contributed by atoms with Crippen molar-refractivity contribution in [1.29, 1.82) is 0 Å². The first kappa shape index (κ1) is 9.57. The molecule has 1 aliphatic rings. The molecule has 68 valence electrons. The quantitative estimate of drug-likeness (QED) is 0.458. The van der Waals surface area contributed by atoms with E-state index in [-0.39, 0.29) is 5.60 Å². The first-order valence-corrected chi connectivity index (χ1v) is 4.52. The molecule has 0 aromatic carbocycles. The standard InChI is InChI=1S/C10H16O2/c1-3-10(6-5-7-10)12-9-8-11-4-2/h1H,4-9H2,2H3. The third-order valence-corrected chi connectivity index (χ3v) is 2.23. The number of hydrogen-bond donors (Lipinski definition) is 0. The van der Waals surface area contributed by atoms with Crippen LogP contribution >= 0.6 is 0 Å². The molecule has 0 atom stereocenters. The first-order chi connectivity index (χ1) is 5.83. The van der Waals surface area contributed by atoms with Gasteiger partial charge in [0.2, 0.25) is 0 Å². The second-order valence-electron chi connectivity index (χ2n) is 3.04. The van der Waals surface area contributed by atoms with Crippen molar-refractivity contribution >= 4 is 0 Å². The average Bonchev–Trinajstić information content (AvgIpc) is 2.02. The molecule has 2 heteroatoms. The van der Waals surface area contributed by atoms with Gasteiger partial charge in [0.15, 0.2) is 0 Å². The summed E-state index contributed by atoms with van der Waals surface area (Å²) in [5.41, 5.74) is -0.239. The second kappa shape index (κ2) is 4.49. The molecular weight excluding hydrogens is 152 g/mol. The van der Waals surface area contributed by atoms with Gasteiger partial charge in [-0.15, -0.1) is 6.42 Å². The summed E-state index contributed by atoms with van der Waals surface area (Å²) in [5.74, 6) is 2.71. The Morgan fingerprint density at radius 3 is 2.58 bits per heavy atom. The van der Waals surface area contributed by atoms with E-state index in [2.05, 4.69) is 5.92 Å². The van der Waals surface area contributed by atoms with E-state index >= 15 is 0 Å². The Bertz CT molecular complexity index is 165. The zero-order valence-electron chi connectivity index (χ0n) is 7.64. The topological polar surface area (TPSA) is 18.5 Å². The van der Waals surface area contributed by atoms with E-state index < -0.39 is 0 Å². The fraction of sp³-hybridized carbons (Fsp3) is 0.800. The van der Waals surface area contributed by atoms with Crippen molar-refractivity contribution in [2.24, 2.45) is 0 Å². The SMILES string of the molecule is C#CC1(OCCOCC)CCC1. The normalized spacial score (nSPS) is 19.7. The third kappa shape index (κ3) is 2.23. The zero-order chi connectivity index (χ0) is 8.86. The molecule has 0 aromatic rings. The van der Waals surface area contributed by atoms with E-state index in [1.807, 2.05) is 6.92 Å². The van der Waals surface area contributed by atoms with Gasteiger partial charge in [-0.25, -0.2) is 0 Å². The van der Waals surface area contributed by atoms with Gasteiger partial charge < -0.3 is 9.47 Å². The van der Waals surface area contributed by atoms with Gasteiger partial charge in [-0.1, -0.05) is 5.92 Å². The van der Waals surface area contributed by atoms with Crippen molar-refractivity contribution in [3.05, 3.63) is 0 Å². The van der Waals surface area contributed by atoms with Crippen LogP contribution in [0.4, 0.5) is 0 Å². The summed E-state index contributed by atoms with van der Waals surface area (Å²) in [6.45, 7) is 3.99. The Kier molecular flexibility index (Phi) is 3.58. The van der Waals surface area contributed by atoms with Gasteiger partial charge in [-0.3, -0.25) is 0 Å². The molecule has 0 radical (unpaired) electrons. The summed E-state index contributed by atoms with van der Waals surface area (Å²) >= 11 is 0. The van der Waals surface area contributed by atoms with Gasteiger partial charge in [0.25, 0.3) is 0 Å². The van der Waals surface area contributed by atoms with Gasteiger partial charge in [-0.05, 0) is 26.2 Å². The largest absolute Gasteiger partial charge is 0.379 e. The summed E-state index contributed by atoms with van der Waals surface area (Å²) in [4.78, 5) is 0. The summed E-state index contributed by atoms with van der Waals surface area (Å²) in [6.07, 6.45) is 8.58. The van der Waals surface area contributed by atoms with Crippen LogP contribution in [0.1, 0.15) is 26.2 Å². The van der Waals surface area contributed by atoms with E-state index in [1.165, 1.54) is 6.42 Å². The Balaban J connectivity index is 2.09. The molecule has 0 heterocycles. The molecule has 1 fully saturated rings. The molecule has 0 amide bonds. The minimum atomic E-state index is -0.239. The molecular formula is C10H16O2. The second-order valence-corrected chi connectivity index (χ2v) is 3.04. The van der Waals surface area contributed by atoms with Crippen LogP contribution in [0.2, 0.25) is 0 Å². The molecule has 1 saturated carbocycles. The Morgan fingerprint density at radius 1 is 1.42 bits per heavy atom. The summed E-state index contributed by atoms with van der Waals surface area (Å²) in [6, 6.07) is 0. The van der Waals surface area contributed by atoms with E-state index in [9.17, 15) is 0 Å². The van der Waals surface area contributed by atoms with Crippen molar-refractivity contribution in [2.75, 3.05) is 19.8 Å². The predicted octanol–water partition coefficient (Wildman–Crippen LogP) is 1.60. The smallest absolute Gasteiger partial charge is 0.128 e. The van der Waals surface area contributed by atoms with E-state index in [0.717, 1.165) is 19.4 Å². The molecule has 1 rings (SSSR count). The molecule has 0 saturated heterocycles. The molecule has 1 aliphatic carbocycles. The average molecular weight is 168 g/mol. The lowest BCUT2D eigenvalue weighted by atomic mass is 9.81. The minimum Gasteiger partial charge on any atom is -0.379 e. The summed E-state index contributed by atoms with van der Waals surface area (Å²) in [5, 5.41) is 0. The highest BCUT2D eigenvalue weighted by Crippen LogP contribution is 2.34. The fourth-order valence-electron chi connectivity index (χ4n) is 1.27. The first-order valence-electron chi connectivity index (χ1n) is 4.52. The summed E-state index contributed by atoms with van der Waals surface area (Å²) in [7, 11) is 0. The van der Waals surface area contributed by atoms with Gasteiger partial charge in [-0.2, -0.15) is 0 Å². The lowest BCUT2D eigenvalue weighted by molar-refractivity contribution is -0.0732. The Labute approximate surface area is 74.2 Å². The maximum absolute atomic E-state index is 5.56. The van der Waals surface area contributed by atoms with E-state index in [1.54, 1.807) is 0 Å². The molecule has 2 nitrogen and oxygen atoms in total. The maximum Gasteiger partial charge on any atom is 0.128 e. The molecule has 0 aromatic heterocycles. The van der Waals surface area contributed by atoms with E-state index in [4.69, 9.17) is 15.9 Å². The monoisotopic (exact) mass is 168 g/mol. The molecule has 0 N–H and O–H groups in total. The Morgan fingerprint density at radius 2 is 2.17 bits per heavy atom. The minimum absolute atomic E-state index is 0.239. The predicted molar refractivity (Wildman–Crippen MR) is 47.9 cm³/mol. The van der Waals surface area contributed by atoms with Crippen molar-refractivity contribution in [3.63, 3.8) is 0 Å². The van der Waals surface area contributed by atoms with Gasteiger partial charge >= 0.3 is 0 Å². The van der Waals surface area contributed by atoms with Crippen LogP contribution in [0.3, 0.4) is 0 Å². The Hall–Kier alpha value is -0.520. The van der Waals surface area contributed by atoms with Crippen molar-refractivity contribution in [1.82, 2.24) is 0 Å². The van der Waals surface area contributed by atoms with Crippen LogP contribution in [0.15, 0.2) is 0 Å². The lowest BCUT2D eigenvalue weighted by Gasteiger charge is -2.36. The third-order valence-electron chi connectivity index (χ3n) is 2.23. The highest BCUT2D eigenvalue weighted by Gasteiger charge is 2.35. The van der Waals surface area contributed by atoms with E-state index in [0.29, 0.717) is 13.2 Å². The van der Waals surface area contributed by atoms with Crippen LogP contribution < -0.4 is 0 Å². The van der Waals surface area contributed by atoms with Crippen LogP contribution in [-0.2, 0) is 9.47 Å². The summed E-state index contributed by atoms with van der Waals surface area (Å²) < 4.78 is 10.7. The van der Waals surface area contributed by atoms with Crippen molar-refractivity contribution in [3.8, 4) is 12.3 Å². The number of hydrogen-bond acceptors (Lipinski definition) is 2. The maximum atomic E-state index is 5.56. The van der Waals surface area contributed by atoms with Crippen LogP contribution in [0.5, 0.6) is 0 Å². The number of rotatable bonds is 5. The fourth-order valence-corrected chi connectivity index (χ4v) is 1.27. The molecule has 12 heavy (non-hydrogen) atoms. The van der Waals surface area contributed by atoms with Crippen LogP contribution in [0, 0.1) is 12.3 Å². The van der Waals surface area contributed by atoms with Gasteiger partial charge in [0.1, 0.15) is 5.60 Å². The highest BCUT2D eigenvalue weighted by molar-refractivity contribution is 5.13. The molecule has 0 unspecified atom stereocenters. The lowest BCUT2D eigenvalue weighted by Crippen LogP contribution is -2.39. The van der Waals surface area contributed by atoms with Crippen LogP contribution in [0.25, 0.3) is 0 Å². The van der Waals surface area contributed by atoms with Crippen molar-refractivity contribution < 1.29 is 9.47 Å². The molecule has 0 bridgehead atoms. The molecule has 0 aliphatic heterocycles. The highest BCUT2D eigenvalue weighted by atomic mass is 16.5.